The van der Waals surface area contributed by atoms with Crippen molar-refractivity contribution in [3.8, 4) is 5.75 Å². The summed E-state index contributed by atoms with van der Waals surface area (Å²) in [7, 11) is 0. The molecule has 0 radical (unpaired) electrons. The van der Waals surface area contributed by atoms with Gasteiger partial charge in [-0.2, -0.15) is 0 Å². The smallest absolute Gasteiger partial charge is 0.123 e. The van der Waals surface area contributed by atoms with Crippen molar-refractivity contribution < 1.29 is 9.13 Å². The van der Waals surface area contributed by atoms with Crippen LogP contribution in [0.4, 0.5) is 4.39 Å². The fourth-order valence-electron chi connectivity index (χ4n) is 0.849. The van der Waals surface area contributed by atoms with E-state index in [1.54, 1.807) is 12.1 Å². The molecular weight excluding hydrogens is 235 g/mol. The average molecular weight is 247 g/mol. The Hall–Kier alpha value is -0.570. The second-order valence-corrected chi connectivity index (χ2v) is 4.01. The van der Waals surface area contributed by atoms with Crippen molar-refractivity contribution in [3.63, 3.8) is 0 Å². The summed E-state index contributed by atoms with van der Waals surface area (Å²) in [6.45, 7) is 3.93. The van der Waals surface area contributed by atoms with Gasteiger partial charge in [0, 0.05) is 5.33 Å². The van der Waals surface area contributed by atoms with Gasteiger partial charge in [-0.15, -0.1) is 0 Å². The van der Waals surface area contributed by atoms with Crippen molar-refractivity contribution in [1.29, 1.82) is 0 Å². The van der Waals surface area contributed by atoms with Crippen molar-refractivity contribution in [1.82, 2.24) is 0 Å². The van der Waals surface area contributed by atoms with E-state index in [0.29, 0.717) is 5.75 Å². The lowest BCUT2D eigenvalue weighted by atomic mass is 10.2. The molecular formula is C10H12BrFO. The third-order valence-corrected chi connectivity index (χ3v) is 2.88. The second-order valence-electron chi connectivity index (χ2n) is 3.45. The zero-order valence-electron chi connectivity index (χ0n) is 7.68. The standard InChI is InChI=1S/C10H12BrFO/c1-10(2,7-11)13-9-5-3-8(12)4-6-9/h3-6H,7H2,1-2H3. The molecule has 72 valence electrons. The average Bonchev–Trinajstić information content (AvgIpc) is 2.09. The van der Waals surface area contributed by atoms with Gasteiger partial charge in [0.1, 0.15) is 17.2 Å². The number of hydrogen-bond donors (Lipinski definition) is 0. The van der Waals surface area contributed by atoms with Crippen molar-refractivity contribution >= 4 is 15.9 Å². The van der Waals surface area contributed by atoms with E-state index in [0.717, 1.165) is 5.33 Å². The highest BCUT2D eigenvalue weighted by molar-refractivity contribution is 9.09. The quantitative estimate of drug-likeness (QED) is 0.744. The van der Waals surface area contributed by atoms with Crippen LogP contribution in [-0.2, 0) is 0 Å². The maximum atomic E-state index is 12.5. The Morgan fingerprint density at radius 2 is 1.85 bits per heavy atom. The van der Waals surface area contributed by atoms with Crippen LogP contribution in [0.5, 0.6) is 5.75 Å². The zero-order valence-corrected chi connectivity index (χ0v) is 9.27. The molecule has 0 spiro atoms. The molecule has 0 N–H and O–H groups in total. The largest absolute Gasteiger partial charge is 0.487 e. The van der Waals surface area contributed by atoms with E-state index in [4.69, 9.17) is 4.74 Å². The van der Waals surface area contributed by atoms with Crippen LogP contribution in [0.1, 0.15) is 13.8 Å². The summed E-state index contributed by atoms with van der Waals surface area (Å²) in [6.07, 6.45) is 0. The SMILES string of the molecule is CC(C)(CBr)Oc1ccc(F)cc1. The number of alkyl halides is 1. The van der Waals surface area contributed by atoms with Crippen LogP contribution < -0.4 is 4.74 Å². The van der Waals surface area contributed by atoms with Crippen molar-refractivity contribution in [2.75, 3.05) is 5.33 Å². The molecule has 0 aliphatic heterocycles. The number of hydrogen-bond acceptors (Lipinski definition) is 1. The monoisotopic (exact) mass is 246 g/mol. The van der Waals surface area contributed by atoms with E-state index < -0.39 is 0 Å². The Morgan fingerprint density at radius 1 is 1.31 bits per heavy atom. The van der Waals surface area contributed by atoms with Gasteiger partial charge in [-0.3, -0.25) is 0 Å². The molecule has 1 aromatic rings. The lowest BCUT2D eigenvalue weighted by molar-refractivity contribution is 0.137. The van der Waals surface area contributed by atoms with E-state index >= 15 is 0 Å². The molecule has 0 aliphatic rings. The minimum Gasteiger partial charge on any atom is -0.487 e. The Bertz CT molecular complexity index is 269. The summed E-state index contributed by atoms with van der Waals surface area (Å²) >= 11 is 3.34. The van der Waals surface area contributed by atoms with E-state index in [2.05, 4.69) is 15.9 Å². The molecule has 1 nitrogen and oxygen atoms in total. The highest BCUT2D eigenvalue weighted by Crippen LogP contribution is 2.19. The van der Waals surface area contributed by atoms with Crippen molar-refractivity contribution in [2.24, 2.45) is 0 Å². The lowest BCUT2D eigenvalue weighted by Gasteiger charge is -2.23. The molecule has 0 atom stereocenters. The minimum absolute atomic E-state index is 0.246. The number of rotatable bonds is 3. The van der Waals surface area contributed by atoms with Crippen molar-refractivity contribution in [2.45, 2.75) is 19.4 Å². The highest BCUT2D eigenvalue weighted by Gasteiger charge is 2.17. The van der Waals surface area contributed by atoms with Gasteiger partial charge in [-0.05, 0) is 38.1 Å². The third-order valence-electron chi connectivity index (χ3n) is 1.53. The van der Waals surface area contributed by atoms with E-state index in [-0.39, 0.29) is 11.4 Å². The van der Waals surface area contributed by atoms with Gasteiger partial charge in [0.2, 0.25) is 0 Å². The fraction of sp³-hybridized carbons (Fsp3) is 0.400. The van der Waals surface area contributed by atoms with E-state index in [1.807, 2.05) is 13.8 Å². The minimum atomic E-state index is -0.266. The van der Waals surface area contributed by atoms with Crippen LogP contribution in [0.2, 0.25) is 0 Å². The summed E-state index contributed by atoms with van der Waals surface area (Å²) in [5.41, 5.74) is -0.266. The molecule has 0 aromatic heterocycles. The van der Waals surface area contributed by atoms with Gasteiger partial charge < -0.3 is 4.74 Å². The highest BCUT2D eigenvalue weighted by atomic mass is 79.9. The molecule has 0 bridgehead atoms. The van der Waals surface area contributed by atoms with Crippen molar-refractivity contribution in [3.05, 3.63) is 30.1 Å². The first-order valence-corrected chi connectivity index (χ1v) is 5.16. The number of ether oxygens (including phenoxy) is 1. The third kappa shape index (κ3) is 3.35. The Balaban J connectivity index is 2.69. The van der Waals surface area contributed by atoms with E-state index in [9.17, 15) is 4.39 Å². The first-order valence-electron chi connectivity index (χ1n) is 4.04. The predicted molar refractivity (Wildman–Crippen MR) is 54.9 cm³/mol. The van der Waals surface area contributed by atoms with Crippen LogP contribution in [0.3, 0.4) is 0 Å². The number of halogens is 2. The summed E-state index contributed by atoms with van der Waals surface area (Å²) in [4.78, 5) is 0. The molecule has 0 fully saturated rings. The maximum Gasteiger partial charge on any atom is 0.123 e. The Labute approximate surface area is 86.0 Å². The lowest BCUT2D eigenvalue weighted by Crippen LogP contribution is -2.29. The summed E-state index contributed by atoms with van der Waals surface area (Å²) in [5, 5.41) is 0.734. The zero-order chi connectivity index (χ0) is 9.90. The van der Waals surface area contributed by atoms with Crippen LogP contribution >= 0.6 is 15.9 Å². The van der Waals surface area contributed by atoms with Crippen LogP contribution in [0.15, 0.2) is 24.3 Å². The second kappa shape index (κ2) is 4.09. The van der Waals surface area contributed by atoms with Crippen LogP contribution in [0.25, 0.3) is 0 Å². The normalized spacial score (nSPS) is 11.4. The predicted octanol–water partition coefficient (Wildman–Crippen LogP) is 3.38. The summed E-state index contributed by atoms with van der Waals surface area (Å²) < 4.78 is 18.1. The summed E-state index contributed by atoms with van der Waals surface area (Å²) in [5.74, 6) is 0.440. The van der Waals surface area contributed by atoms with Gasteiger partial charge in [0.15, 0.2) is 0 Å². The van der Waals surface area contributed by atoms with Crippen LogP contribution in [-0.4, -0.2) is 10.9 Å². The molecule has 0 heterocycles. The molecule has 0 aliphatic carbocycles. The van der Waals surface area contributed by atoms with E-state index in [1.165, 1.54) is 12.1 Å². The summed E-state index contributed by atoms with van der Waals surface area (Å²) in [6, 6.07) is 6.03. The molecule has 1 rings (SSSR count). The molecule has 3 heteroatoms. The Kier molecular flexibility index (Phi) is 3.31. The first-order chi connectivity index (χ1) is 6.03. The molecule has 0 saturated heterocycles. The molecule has 1 aromatic carbocycles. The number of benzene rings is 1. The van der Waals surface area contributed by atoms with Crippen LogP contribution in [0, 0.1) is 5.82 Å². The maximum absolute atomic E-state index is 12.5. The Morgan fingerprint density at radius 3 is 2.31 bits per heavy atom. The molecule has 0 unspecified atom stereocenters. The topological polar surface area (TPSA) is 9.23 Å². The van der Waals surface area contributed by atoms with Gasteiger partial charge >= 0.3 is 0 Å². The van der Waals surface area contributed by atoms with Gasteiger partial charge in [0.05, 0.1) is 0 Å². The first kappa shape index (κ1) is 10.5. The molecule has 0 amide bonds. The van der Waals surface area contributed by atoms with Gasteiger partial charge in [-0.1, -0.05) is 15.9 Å². The molecule has 0 saturated carbocycles. The van der Waals surface area contributed by atoms with Gasteiger partial charge in [0.25, 0.3) is 0 Å². The molecule has 13 heavy (non-hydrogen) atoms. The van der Waals surface area contributed by atoms with Gasteiger partial charge in [-0.25, -0.2) is 4.39 Å². The fourth-order valence-corrected chi connectivity index (χ4v) is 0.963.